The number of carbonyl (C=O) groups excluding carboxylic acids is 2. The van der Waals surface area contributed by atoms with Gasteiger partial charge >= 0.3 is 0 Å². The van der Waals surface area contributed by atoms with Crippen LogP contribution in [-0.2, 0) is 32.6 Å². The van der Waals surface area contributed by atoms with Gasteiger partial charge in [0, 0.05) is 19.0 Å². The molecule has 10 heteroatoms. The number of amides is 2. The maximum Gasteiger partial charge on any atom is 0.264 e. The van der Waals surface area contributed by atoms with Crippen LogP contribution < -0.4 is 9.62 Å². The molecule has 1 aliphatic rings. The Hall–Kier alpha value is -3.85. The smallest absolute Gasteiger partial charge is 0.264 e. The molecular formula is C37H39Cl2N3O4S. The number of nitrogens with one attached hydrogen (secondary N) is 1. The van der Waals surface area contributed by atoms with Gasteiger partial charge in [-0.15, -0.1) is 0 Å². The summed E-state index contributed by atoms with van der Waals surface area (Å²) in [5, 5.41) is 3.86. The number of benzene rings is 4. The SMILES string of the molecule is Cc1ccc(N(CC(=O)N(Cc2ccc(Cl)c(Cl)c2)C(Cc2ccccc2)C(=O)NC2CCCC2)S(=O)(=O)c2ccccc2)cc1C. The van der Waals surface area contributed by atoms with E-state index in [2.05, 4.69) is 5.32 Å². The van der Waals surface area contributed by atoms with Gasteiger partial charge in [0.2, 0.25) is 11.8 Å². The molecule has 1 saturated carbocycles. The first-order valence-electron chi connectivity index (χ1n) is 15.8. The molecule has 0 saturated heterocycles. The molecule has 0 radical (unpaired) electrons. The predicted octanol–water partition coefficient (Wildman–Crippen LogP) is 7.50. The van der Waals surface area contributed by atoms with E-state index in [1.807, 2.05) is 50.2 Å². The molecule has 2 amide bonds. The van der Waals surface area contributed by atoms with Crippen molar-refractivity contribution in [2.45, 2.75) is 69.5 Å². The van der Waals surface area contributed by atoms with Gasteiger partial charge in [-0.05, 0) is 85.3 Å². The first-order valence-corrected chi connectivity index (χ1v) is 18.0. The Morgan fingerprint density at radius 3 is 2.11 bits per heavy atom. The van der Waals surface area contributed by atoms with Crippen LogP contribution in [0.2, 0.25) is 10.0 Å². The van der Waals surface area contributed by atoms with Crippen LogP contribution in [0, 0.1) is 13.8 Å². The summed E-state index contributed by atoms with van der Waals surface area (Å²) in [4.78, 5) is 30.3. The largest absolute Gasteiger partial charge is 0.352 e. The summed E-state index contributed by atoms with van der Waals surface area (Å²) >= 11 is 12.6. The number of halogens is 2. The Labute approximate surface area is 287 Å². The first kappa shape index (κ1) is 34.5. The van der Waals surface area contributed by atoms with E-state index in [1.54, 1.807) is 48.5 Å². The number of hydrogen-bond acceptors (Lipinski definition) is 4. The summed E-state index contributed by atoms with van der Waals surface area (Å²) < 4.78 is 29.5. The molecule has 47 heavy (non-hydrogen) atoms. The average molecular weight is 693 g/mol. The highest BCUT2D eigenvalue weighted by Crippen LogP contribution is 2.28. The Morgan fingerprint density at radius 1 is 0.809 bits per heavy atom. The van der Waals surface area contributed by atoms with Crippen molar-refractivity contribution >= 4 is 50.7 Å². The van der Waals surface area contributed by atoms with Crippen molar-refractivity contribution in [1.29, 1.82) is 0 Å². The van der Waals surface area contributed by atoms with E-state index in [4.69, 9.17) is 23.2 Å². The number of hydrogen-bond donors (Lipinski definition) is 1. The normalized spacial score (nSPS) is 14.0. The van der Waals surface area contributed by atoms with Crippen LogP contribution in [0.5, 0.6) is 0 Å². The summed E-state index contributed by atoms with van der Waals surface area (Å²) in [5.74, 6) is -0.811. The Bertz CT molecular complexity index is 1810. The number of rotatable bonds is 12. The molecule has 4 aromatic carbocycles. The predicted molar refractivity (Wildman–Crippen MR) is 188 cm³/mol. The van der Waals surface area contributed by atoms with E-state index in [-0.39, 0.29) is 29.8 Å². The maximum atomic E-state index is 14.7. The van der Waals surface area contributed by atoms with Crippen molar-refractivity contribution < 1.29 is 18.0 Å². The number of anilines is 1. The third-order valence-electron chi connectivity index (χ3n) is 8.70. The fourth-order valence-electron chi connectivity index (χ4n) is 5.89. The van der Waals surface area contributed by atoms with Gasteiger partial charge in [-0.2, -0.15) is 0 Å². The fourth-order valence-corrected chi connectivity index (χ4v) is 7.63. The zero-order valence-corrected chi connectivity index (χ0v) is 28.9. The van der Waals surface area contributed by atoms with Crippen LogP contribution in [0.1, 0.15) is 47.9 Å². The molecule has 1 unspecified atom stereocenters. The quantitative estimate of drug-likeness (QED) is 0.167. The molecule has 0 heterocycles. The summed E-state index contributed by atoms with van der Waals surface area (Å²) in [7, 11) is -4.17. The van der Waals surface area contributed by atoms with E-state index >= 15 is 0 Å². The van der Waals surface area contributed by atoms with Crippen LogP contribution in [0.4, 0.5) is 5.69 Å². The molecule has 5 rings (SSSR count). The summed E-state index contributed by atoms with van der Waals surface area (Å²) in [6, 6.07) is 27.0. The Kier molecular flexibility index (Phi) is 11.3. The number of sulfonamides is 1. The molecule has 1 N–H and O–H groups in total. The van der Waals surface area contributed by atoms with Gasteiger partial charge < -0.3 is 10.2 Å². The second-order valence-corrected chi connectivity index (χ2v) is 14.7. The van der Waals surface area contributed by atoms with E-state index in [1.165, 1.54) is 17.0 Å². The second kappa shape index (κ2) is 15.4. The molecule has 1 atom stereocenters. The van der Waals surface area contributed by atoms with Gasteiger partial charge in [-0.1, -0.05) is 96.7 Å². The lowest BCUT2D eigenvalue weighted by Crippen LogP contribution is -2.54. The van der Waals surface area contributed by atoms with Crippen molar-refractivity contribution in [3.8, 4) is 0 Å². The van der Waals surface area contributed by atoms with Gasteiger partial charge in [-0.3, -0.25) is 13.9 Å². The molecule has 1 fully saturated rings. The van der Waals surface area contributed by atoms with Crippen molar-refractivity contribution in [3.63, 3.8) is 0 Å². The lowest BCUT2D eigenvalue weighted by atomic mass is 10.0. The van der Waals surface area contributed by atoms with E-state index in [0.717, 1.165) is 46.7 Å². The van der Waals surface area contributed by atoms with E-state index in [0.29, 0.717) is 21.3 Å². The van der Waals surface area contributed by atoms with Crippen LogP contribution in [0.15, 0.2) is 102 Å². The first-order chi connectivity index (χ1) is 22.5. The van der Waals surface area contributed by atoms with Gasteiger partial charge in [0.15, 0.2) is 0 Å². The van der Waals surface area contributed by atoms with Crippen LogP contribution in [0.25, 0.3) is 0 Å². The monoisotopic (exact) mass is 691 g/mol. The standard InChI is InChI=1S/C37H39Cl2N3O4S/c1-26-17-19-31(21-27(26)2)42(47(45,46)32-15-7-4-8-16-32)25-36(43)41(24-29-18-20-33(38)34(39)22-29)35(23-28-11-5-3-6-12-28)37(44)40-30-13-9-10-14-30/h3-8,11-12,15-22,30,35H,9-10,13-14,23-25H2,1-2H3,(H,40,44). The topological polar surface area (TPSA) is 86.8 Å². The second-order valence-electron chi connectivity index (χ2n) is 12.1. The van der Waals surface area contributed by atoms with E-state index < -0.39 is 28.5 Å². The number of nitrogens with zero attached hydrogens (tertiary/aromatic N) is 2. The number of carbonyl (C=O) groups is 2. The lowest BCUT2D eigenvalue weighted by molar-refractivity contribution is -0.140. The summed E-state index contributed by atoms with van der Waals surface area (Å²) in [5.41, 5.74) is 3.76. The lowest BCUT2D eigenvalue weighted by Gasteiger charge is -2.34. The Balaban J connectivity index is 1.58. The minimum absolute atomic E-state index is 0.0114. The van der Waals surface area contributed by atoms with Gasteiger partial charge in [0.1, 0.15) is 12.6 Å². The van der Waals surface area contributed by atoms with Gasteiger partial charge in [-0.25, -0.2) is 8.42 Å². The summed E-state index contributed by atoms with van der Waals surface area (Å²) in [6.45, 7) is 3.32. The van der Waals surface area contributed by atoms with E-state index in [9.17, 15) is 18.0 Å². The molecule has 4 aromatic rings. The molecule has 1 aliphatic carbocycles. The third kappa shape index (κ3) is 8.55. The summed E-state index contributed by atoms with van der Waals surface area (Å²) in [6.07, 6.45) is 4.05. The Morgan fingerprint density at radius 2 is 1.47 bits per heavy atom. The van der Waals surface area contributed by atoms with Crippen molar-refractivity contribution in [2.75, 3.05) is 10.8 Å². The molecular weight excluding hydrogens is 653 g/mol. The number of aryl methyl sites for hydroxylation is 2. The molecule has 0 aliphatic heterocycles. The highest BCUT2D eigenvalue weighted by Gasteiger charge is 2.35. The minimum atomic E-state index is -4.17. The van der Waals surface area contributed by atoms with Gasteiger partial charge in [0.05, 0.1) is 20.6 Å². The highest BCUT2D eigenvalue weighted by atomic mass is 35.5. The van der Waals surface area contributed by atoms with Crippen LogP contribution in [-0.4, -0.2) is 43.8 Å². The molecule has 0 bridgehead atoms. The van der Waals surface area contributed by atoms with Crippen LogP contribution >= 0.6 is 23.2 Å². The third-order valence-corrected chi connectivity index (χ3v) is 11.2. The van der Waals surface area contributed by atoms with Crippen molar-refractivity contribution in [1.82, 2.24) is 10.2 Å². The molecule has 0 aromatic heterocycles. The molecule has 7 nitrogen and oxygen atoms in total. The van der Waals surface area contributed by atoms with Gasteiger partial charge in [0.25, 0.3) is 10.0 Å². The maximum absolute atomic E-state index is 14.7. The van der Waals surface area contributed by atoms with Crippen LogP contribution in [0.3, 0.4) is 0 Å². The average Bonchev–Trinajstić information content (AvgIpc) is 3.58. The van der Waals surface area contributed by atoms with Crippen molar-refractivity contribution in [2.24, 2.45) is 0 Å². The molecule has 246 valence electrons. The fraction of sp³-hybridized carbons (Fsp3) is 0.297. The molecule has 0 spiro atoms. The van der Waals surface area contributed by atoms with Crippen molar-refractivity contribution in [3.05, 3.63) is 129 Å². The highest BCUT2D eigenvalue weighted by molar-refractivity contribution is 7.92. The zero-order valence-electron chi connectivity index (χ0n) is 26.5. The zero-order chi connectivity index (χ0) is 33.6. The minimum Gasteiger partial charge on any atom is -0.352 e.